The van der Waals surface area contributed by atoms with E-state index in [-0.39, 0.29) is 17.8 Å². The summed E-state index contributed by atoms with van der Waals surface area (Å²) in [7, 11) is 0. The van der Waals surface area contributed by atoms with Crippen LogP contribution in [0.25, 0.3) is 0 Å². The van der Waals surface area contributed by atoms with Gasteiger partial charge in [0.1, 0.15) is 17.7 Å². The number of aromatic nitrogens is 2. The quantitative estimate of drug-likeness (QED) is 0.366. The van der Waals surface area contributed by atoms with Gasteiger partial charge in [0, 0.05) is 6.54 Å². The molecule has 35 heavy (non-hydrogen) atoms. The number of hydrogen-bond donors (Lipinski definition) is 0. The number of benzene rings is 2. The van der Waals surface area contributed by atoms with E-state index in [1.165, 1.54) is 49.8 Å². The minimum Gasteiger partial charge on any atom is -0.489 e. The third kappa shape index (κ3) is 5.92. The Kier molecular flexibility index (Phi) is 7.77. The topological polar surface area (TPSA) is 51.4 Å². The van der Waals surface area contributed by atoms with Gasteiger partial charge in [-0.3, -0.25) is 4.90 Å². The largest absolute Gasteiger partial charge is 0.489 e. The third-order valence-electron chi connectivity index (χ3n) is 7.79. The van der Waals surface area contributed by atoms with Crippen molar-refractivity contribution in [2.75, 3.05) is 13.1 Å². The Bertz CT molecular complexity index is 1050. The van der Waals surface area contributed by atoms with E-state index in [1.807, 2.05) is 0 Å². The summed E-state index contributed by atoms with van der Waals surface area (Å²) >= 11 is 0. The SMILES string of the molecule is CCC1CCN(Cc2nnc(C(c3ccccc3)C3CCCCC3)o2)CC1Oc1ccc(F)cc1. The molecule has 3 atom stereocenters. The number of rotatable bonds is 8. The highest BCUT2D eigenvalue weighted by atomic mass is 19.1. The fourth-order valence-electron chi connectivity index (χ4n) is 5.85. The molecular weight excluding hydrogens is 441 g/mol. The van der Waals surface area contributed by atoms with Gasteiger partial charge >= 0.3 is 0 Å². The van der Waals surface area contributed by atoms with E-state index < -0.39 is 0 Å². The van der Waals surface area contributed by atoms with Gasteiger partial charge in [-0.05, 0) is 73.9 Å². The minimum absolute atomic E-state index is 0.0564. The summed E-state index contributed by atoms with van der Waals surface area (Å²) in [5, 5.41) is 9.02. The first-order chi connectivity index (χ1) is 17.2. The van der Waals surface area contributed by atoms with Gasteiger partial charge in [0.15, 0.2) is 0 Å². The fraction of sp³-hybridized carbons (Fsp3) is 0.517. The number of halogens is 1. The van der Waals surface area contributed by atoms with Crippen LogP contribution in [0.2, 0.25) is 0 Å². The van der Waals surface area contributed by atoms with Crippen molar-refractivity contribution >= 4 is 0 Å². The molecule has 0 amide bonds. The van der Waals surface area contributed by atoms with Crippen molar-refractivity contribution in [3.05, 3.63) is 77.8 Å². The van der Waals surface area contributed by atoms with Crippen LogP contribution in [0.1, 0.15) is 75.1 Å². The zero-order chi connectivity index (χ0) is 24.0. The van der Waals surface area contributed by atoms with E-state index in [0.29, 0.717) is 24.3 Å². The second-order valence-electron chi connectivity index (χ2n) is 10.1. The first kappa shape index (κ1) is 24.0. The Hall–Kier alpha value is -2.73. The summed E-state index contributed by atoms with van der Waals surface area (Å²) in [6.07, 6.45) is 8.47. The molecule has 0 bridgehead atoms. The summed E-state index contributed by atoms with van der Waals surface area (Å²) in [5.41, 5.74) is 1.27. The van der Waals surface area contributed by atoms with Gasteiger partial charge in [0.05, 0.1) is 12.5 Å². The maximum Gasteiger partial charge on any atom is 0.230 e. The number of hydrogen-bond acceptors (Lipinski definition) is 5. The van der Waals surface area contributed by atoms with Crippen LogP contribution >= 0.6 is 0 Å². The van der Waals surface area contributed by atoms with Crippen molar-refractivity contribution in [2.24, 2.45) is 11.8 Å². The number of likely N-dealkylation sites (tertiary alicyclic amines) is 1. The molecule has 1 aliphatic carbocycles. The minimum atomic E-state index is -0.246. The second-order valence-corrected chi connectivity index (χ2v) is 10.1. The lowest BCUT2D eigenvalue weighted by Crippen LogP contribution is -2.46. The van der Waals surface area contributed by atoms with Gasteiger partial charge in [0.2, 0.25) is 11.8 Å². The lowest BCUT2D eigenvalue weighted by atomic mass is 9.77. The number of nitrogens with zero attached hydrogens (tertiary/aromatic N) is 3. The van der Waals surface area contributed by atoms with Crippen molar-refractivity contribution in [3.8, 4) is 5.75 Å². The van der Waals surface area contributed by atoms with Crippen molar-refractivity contribution in [1.82, 2.24) is 15.1 Å². The Balaban J connectivity index is 1.28. The van der Waals surface area contributed by atoms with Gasteiger partial charge < -0.3 is 9.15 Å². The molecule has 5 nitrogen and oxygen atoms in total. The van der Waals surface area contributed by atoms with Gasteiger partial charge in [-0.1, -0.05) is 56.5 Å². The molecule has 0 N–H and O–H groups in total. The highest BCUT2D eigenvalue weighted by Crippen LogP contribution is 2.40. The van der Waals surface area contributed by atoms with E-state index in [4.69, 9.17) is 9.15 Å². The van der Waals surface area contributed by atoms with E-state index in [0.717, 1.165) is 37.6 Å². The zero-order valence-electron chi connectivity index (χ0n) is 20.6. The summed E-state index contributed by atoms with van der Waals surface area (Å²) in [6, 6.07) is 17.0. The van der Waals surface area contributed by atoms with Crippen molar-refractivity contribution in [2.45, 2.75) is 70.4 Å². The standard InChI is InChI=1S/C29H36FN3O2/c1-2-21-17-18-33(19-26(21)34-25-15-13-24(30)14-16-25)20-27-31-32-29(35-27)28(22-9-5-3-6-10-22)23-11-7-4-8-12-23/h3,5-6,9-10,13-16,21,23,26,28H,2,4,7-8,11-12,17-20H2,1H3. The molecule has 1 saturated carbocycles. The first-order valence-electron chi connectivity index (χ1n) is 13.2. The van der Waals surface area contributed by atoms with E-state index >= 15 is 0 Å². The predicted molar refractivity (Wildman–Crippen MR) is 134 cm³/mol. The molecule has 2 heterocycles. The van der Waals surface area contributed by atoms with Crippen LogP contribution in [-0.4, -0.2) is 34.3 Å². The molecule has 186 valence electrons. The molecule has 3 aromatic rings. The molecule has 5 rings (SSSR count). The highest BCUT2D eigenvalue weighted by Gasteiger charge is 2.33. The summed E-state index contributed by atoms with van der Waals surface area (Å²) < 4.78 is 25.9. The summed E-state index contributed by atoms with van der Waals surface area (Å²) in [6.45, 7) is 4.60. The molecular formula is C29H36FN3O2. The molecule has 2 aliphatic rings. The molecule has 3 unspecified atom stereocenters. The molecule has 6 heteroatoms. The van der Waals surface area contributed by atoms with Crippen molar-refractivity contribution in [3.63, 3.8) is 0 Å². The average molecular weight is 478 g/mol. The average Bonchev–Trinajstić information content (AvgIpc) is 3.35. The lowest BCUT2D eigenvalue weighted by Gasteiger charge is -2.37. The van der Waals surface area contributed by atoms with Crippen LogP contribution in [0, 0.1) is 17.7 Å². The Morgan fingerprint density at radius 2 is 1.77 bits per heavy atom. The van der Waals surface area contributed by atoms with Gasteiger partial charge in [0.25, 0.3) is 0 Å². The zero-order valence-corrected chi connectivity index (χ0v) is 20.6. The Labute approximate surface area is 207 Å². The van der Waals surface area contributed by atoms with Gasteiger partial charge in [-0.25, -0.2) is 4.39 Å². The number of piperidine rings is 1. The van der Waals surface area contributed by atoms with Crippen LogP contribution in [-0.2, 0) is 6.54 Å². The molecule has 2 aromatic carbocycles. The molecule has 0 spiro atoms. The summed E-state index contributed by atoms with van der Waals surface area (Å²) in [4.78, 5) is 2.34. The van der Waals surface area contributed by atoms with Crippen LogP contribution in [0.4, 0.5) is 4.39 Å². The smallest absolute Gasteiger partial charge is 0.230 e. The predicted octanol–water partition coefficient (Wildman–Crippen LogP) is 6.60. The third-order valence-corrected chi connectivity index (χ3v) is 7.79. The van der Waals surface area contributed by atoms with Crippen LogP contribution in [0.5, 0.6) is 5.75 Å². The van der Waals surface area contributed by atoms with Gasteiger partial charge in [-0.15, -0.1) is 10.2 Å². The van der Waals surface area contributed by atoms with Crippen LogP contribution in [0.3, 0.4) is 0 Å². The maximum absolute atomic E-state index is 13.3. The summed E-state index contributed by atoms with van der Waals surface area (Å²) in [5.74, 6) is 3.08. The fourth-order valence-corrected chi connectivity index (χ4v) is 5.85. The van der Waals surface area contributed by atoms with Crippen molar-refractivity contribution < 1.29 is 13.5 Å². The normalized spacial score (nSPS) is 22.7. The first-order valence-corrected chi connectivity index (χ1v) is 13.2. The van der Waals surface area contributed by atoms with Crippen LogP contribution in [0.15, 0.2) is 59.0 Å². The van der Waals surface area contributed by atoms with Crippen LogP contribution < -0.4 is 4.74 Å². The molecule has 1 aromatic heterocycles. The molecule has 2 fully saturated rings. The van der Waals surface area contributed by atoms with Gasteiger partial charge in [-0.2, -0.15) is 0 Å². The lowest BCUT2D eigenvalue weighted by molar-refractivity contribution is 0.0306. The molecule has 1 aliphatic heterocycles. The van der Waals surface area contributed by atoms with Crippen molar-refractivity contribution in [1.29, 1.82) is 0 Å². The second kappa shape index (κ2) is 11.3. The number of ether oxygens (including phenoxy) is 1. The highest BCUT2D eigenvalue weighted by molar-refractivity contribution is 5.26. The monoisotopic (exact) mass is 477 g/mol. The Morgan fingerprint density at radius 3 is 2.51 bits per heavy atom. The maximum atomic E-state index is 13.3. The molecule has 0 radical (unpaired) electrons. The van der Waals surface area contributed by atoms with E-state index in [9.17, 15) is 4.39 Å². The Morgan fingerprint density at radius 1 is 1.00 bits per heavy atom. The van der Waals surface area contributed by atoms with E-state index in [2.05, 4.69) is 52.4 Å². The molecule has 1 saturated heterocycles. The van der Waals surface area contributed by atoms with E-state index in [1.54, 1.807) is 12.1 Å².